The predicted octanol–water partition coefficient (Wildman–Crippen LogP) is 3.96. The molecule has 6 rings (SSSR count). The molecule has 2 aromatic rings. The van der Waals surface area contributed by atoms with Crippen molar-refractivity contribution in [3.63, 3.8) is 0 Å². The van der Waals surface area contributed by atoms with Gasteiger partial charge in [0.05, 0.1) is 18.4 Å². The number of anilines is 3. The lowest BCUT2D eigenvalue weighted by atomic mass is 9.52. The summed E-state index contributed by atoms with van der Waals surface area (Å²) in [4.78, 5) is 16.7. The monoisotopic (exact) mass is 393 g/mol. The third kappa shape index (κ3) is 3.46. The molecule has 1 aromatic carbocycles. The molecule has 4 aliphatic rings. The molecular formula is C23H27N3O3. The van der Waals surface area contributed by atoms with Gasteiger partial charge in [0.25, 0.3) is 0 Å². The zero-order chi connectivity index (χ0) is 20.0. The summed E-state index contributed by atoms with van der Waals surface area (Å²) in [6, 6.07) is 12.0. The van der Waals surface area contributed by atoms with Crippen LogP contribution in [0.25, 0.3) is 0 Å². The molecule has 4 bridgehead atoms. The standard InChI is InChI=1S/C23H27N3O3/c1-29-22(27)18-13-24-20(25-17-5-3-2-4-6-17)9-19(18)26-21-15-7-14-8-16(21)12-23(28,10-14)11-15/h2-6,9,13-16,21,28H,7-8,10-12H2,1H3,(H2,24,25,26)/t14?,15-,16+,21?,23?. The molecule has 0 spiro atoms. The van der Waals surface area contributed by atoms with Crippen LogP contribution in [0.5, 0.6) is 0 Å². The van der Waals surface area contributed by atoms with Gasteiger partial charge in [-0.1, -0.05) is 18.2 Å². The summed E-state index contributed by atoms with van der Waals surface area (Å²) in [7, 11) is 1.39. The zero-order valence-corrected chi connectivity index (χ0v) is 16.6. The minimum Gasteiger partial charge on any atom is -0.465 e. The number of rotatable bonds is 5. The van der Waals surface area contributed by atoms with Gasteiger partial charge in [-0.25, -0.2) is 9.78 Å². The number of carbonyl (C=O) groups is 1. The fourth-order valence-electron chi connectivity index (χ4n) is 5.98. The second kappa shape index (κ2) is 7.02. The fraction of sp³-hybridized carbons (Fsp3) is 0.478. The summed E-state index contributed by atoms with van der Waals surface area (Å²) in [6.07, 6.45) is 6.55. The van der Waals surface area contributed by atoms with E-state index in [2.05, 4.69) is 15.6 Å². The van der Waals surface area contributed by atoms with Crippen LogP contribution in [0.4, 0.5) is 17.2 Å². The lowest BCUT2D eigenvalue weighted by Gasteiger charge is -2.58. The van der Waals surface area contributed by atoms with Crippen molar-refractivity contribution in [3.8, 4) is 0 Å². The van der Waals surface area contributed by atoms with Crippen LogP contribution in [0.2, 0.25) is 0 Å². The SMILES string of the molecule is COC(=O)c1cnc(Nc2ccccc2)cc1NC1[C@@H]2CC3C[C@H]1CC(O)(C3)C2. The first-order valence-electron chi connectivity index (χ1n) is 10.4. The highest BCUT2D eigenvalue weighted by molar-refractivity contribution is 5.96. The number of ether oxygens (including phenoxy) is 1. The molecule has 152 valence electrons. The molecule has 0 radical (unpaired) electrons. The number of nitrogens with zero attached hydrogens (tertiary/aromatic N) is 1. The number of aromatic nitrogens is 1. The van der Waals surface area contributed by atoms with Crippen LogP contribution < -0.4 is 10.6 Å². The Kier molecular flexibility index (Phi) is 4.46. The van der Waals surface area contributed by atoms with Crippen LogP contribution in [-0.4, -0.2) is 34.8 Å². The van der Waals surface area contributed by atoms with Crippen LogP contribution in [0.3, 0.4) is 0 Å². The van der Waals surface area contributed by atoms with Gasteiger partial charge < -0.3 is 20.5 Å². The molecule has 4 aliphatic carbocycles. The van der Waals surface area contributed by atoms with Crippen LogP contribution in [-0.2, 0) is 4.74 Å². The minimum absolute atomic E-state index is 0.266. The topological polar surface area (TPSA) is 83.5 Å². The van der Waals surface area contributed by atoms with Crippen molar-refractivity contribution in [3.05, 3.63) is 48.2 Å². The summed E-state index contributed by atoms with van der Waals surface area (Å²) in [5, 5.41) is 17.8. The Morgan fingerprint density at radius 3 is 2.55 bits per heavy atom. The summed E-state index contributed by atoms with van der Waals surface area (Å²) in [5.41, 5.74) is 1.65. The lowest BCUT2D eigenvalue weighted by molar-refractivity contribution is -0.129. The van der Waals surface area contributed by atoms with Gasteiger partial charge in [0.1, 0.15) is 11.4 Å². The summed E-state index contributed by atoms with van der Waals surface area (Å²) in [6.45, 7) is 0. The van der Waals surface area contributed by atoms with E-state index in [0.29, 0.717) is 29.1 Å². The predicted molar refractivity (Wildman–Crippen MR) is 111 cm³/mol. The molecule has 1 aromatic heterocycles. The van der Waals surface area contributed by atoms with Crippen molar-refractivity contribution in [2.24, 2.45) is 17.8 Å². The van der Waals surface area contributed by atoms with Crippen molar-refractivity contribution in [1.29, 1.82) is 0 Å². The first-order valence-corrected chi connectivity index (χ1v) is 10.4. The second-order valence-electron chi connectivity index (χ2n) is 8.96. The van der Waals surface area contributed by atoms with Gasteiger partial charge >= 0.3 is 5.97 Å². The Labute approximate surface area is 170 Å². The van der Waals surface area contributed by atoms with Gasteiger partial charge in [-0.15, -0.1) is 0 Å². The highest BCUT2D eigenvalue weighted by atomic mass is 16.5. The average Bonchev–Trinajstić information content (AvgIpc) is 2.70. The minimum atomic E-state index is -0.474. The second-order valence-corrected chi connectivity index (χ2v) is 8.96. The van der Waals surface area contributed by atoms with Crippen LogP contribution in [0, 0.1) is 17.8 Å². The quantitative estimate of drug-likeness (QED) is 0.667. The number of benzene rings is 1. The zero-order valence-electron chi connectivity index (χ0n) is 16.6. The Morgan fingerprint density at radius 2 is 1.90 bits per heavy atom. The lowest BCUT2D eigenvalue weighted by Crippen LogP contribution is -2.59. The van der Waals surface area contributed by atoms with E-state index in [9.17, 15) is 9.90 Å². The van der Waals surface area contributed by atoms with E-state index in [-0.39, 0.29) is 6.04 Å². The molecular weight excluding hydrogens is 366 g/mol. The Bertz CT molecular complexity index is 901. The van der Waals surface area contributed by atoms with E-state index < -0.39 is 11.6 Å². The Morgan fingerprint density at radius 1 is 1.17 bits per heavy atom. The van der Waals surface area contributed by atoms with Crippen molar-refractivity contribution in [2.75, 3.05) is 17.7 Å². The smallest absolute Gasteiger partial charge is 0.341 e. The van der Waals surface area contributed by atoms with Crippen LogP contribution in [0.15, 0.2) is 42.6 Å². The molecule has 6 heteroatoms. The molecule has 4 saturated carbocycles. The number of esters is 1. The molecule has 4 fully saturated rings. The van der Waals surface area contributed by atoms with Gasteiger partial charge in [0.15, 0.2) is 0 Å². The van der Waals surface area contributed by atoms with Gasteiger partial charge in [-0.3, -0.25) is 0 Å². The maximum absolute atomic E-state index is 12.3. The van der Waals surface area contributed by atoms with Gasteiger partial charge in [-0.2, -0.15) is 0 Å². The third-order valence-electron chi connectivity index (χ3n) is 6.92. The van der Waals surface area contributed by atoms with Crippen LogP contribution in [0.1, 0.15) is 42.5 Å². The van der Waals surface area contributed by atoms with E-state index >= 15 is 0 Å². The summed E-state index contributed by atoms with van der Waals surface area (Å²) in [5.74, 6) is 1.80. The van der Waals surface area contributed by atoms with Crippen molar-refractivity contribution >= 4 is 23.2 Å². The number of hydrogen-bond acceptors (Lipinski definition) is 6. The molecule has 5 atom stereocenters. The first-order chi connectivity index (χ1) is 14.0. The van der Waals surface area contributed by atoms with E-state index in [0.717, 1.165) is 43.5 Å². The average molecular weight is 393 g/mol. The first kappa shape index (κ1) is 18.4. The number of hydrogen-bond donors (Lipinski definition) is 3. The van der Waals surface area contributed by atoms with Gasteiger partial charge in [-0.05, 0) is 62.0 Å². The Hall–Kier alpha value is -2.60. The normalized spacial score (nSPS) is 32.1. The van der Waals surface area contributed by atoms with Gasteiger partial charge in [0, 0.05) is 24.0 Å². The Balaban J connectivity index is 1.43. The summed E-state index contributed by atoms with van der Waals surface area (Å²) < 4.78 is 4.98. The van der Waals surface area contributed by atoms with Crippen LogP contribution >= 0.6 is 0 Å². The van der Waals surface area contributed by atoms with E-state index in [1.807, 2.05) is 36.4 Å². The highest BCUT2D eigenvalue weighted by Crippen LogP contribution is 2.56. The largest absolute Gasteiger partial charge is 0.465 e. The number of aliphatic hydroxyl groups is 1. The molecule has 29 heavy (non-hydrogen) atoms. The van der Waals surface area contributed by atoms with Crippen molar-refractivity contribution in [2.45, 2.75) is 43.7 Å². The highest BCUT2D eigenvalue weighted by Gasteiger charge is 2.54. The third-order valence-corrected chi connectivity index (χ3v) is 6.92. The van der Waals surface area contributed by atoms with Crippen molar-refractivity contribution in [1.82, 2.24) is 4.98 Å². The molecule has 0 amide bonds. The summed E-state index contributed by atoms with van der Waals surface area (Å²) >= 11 is 0. The number of nitrogens with one attached hydrogen (secondary N) is 2. The molecule has 3 N–H and O–H groups in total. The molecule has 1 heterocycles. The number of para-hydroxylation sites is 1. The maximum atomic E-state index is 12.3. The molecule has 3 unspecified atom stereocenters. The molecule has 0 saturated heterocycles. The van der Waals surface area contributed by atoms with Gasteiger partial charge in [0.2, 0.25) is 0 Å². The number of pyridine rings is 1. The number of carbonyl (C=O) groups excluding carboxylic acids is 1. The maximum Gasteiger partial charge on any atom is 0.341 e. The number of methoxy groups -OCH3 is 1. The fourth-order valence-corrected chi connectivity index (χ4v) is 5.98. The van der Waals surface area contributed by atoms with E-state index in [1.165, 1.54) is 7.11 Å². The van der Waals surface area contributed by atoms with E-state index in [1.54, 1.807) is 6.20 Å². The molecule has 6 nitrogen and oxygen atoms in total. The molecule has 0 aliphatic heterocycles. The van der Waals surface area contributed by atoms with E-state index in [4.69, 9.17) is 4.74 Å². The van der Waals surface area contributed by atoms with Crippen molar-refractivity contribution < 1.29 is 14.6 Å².